The first-order valence-electron chi connectivity index (χ1n) is 8.04. The summed E-state index contributed by atoms with van der Waals surface area (Å²) in [4.78, 5) is 10.4. The number of ether oxygens (including phenoxy) is 1. The predicted octanol–water partition coefficient (Wildman–Crippen LogP) is 2.55. The van der Waals surface area contributed by atoms with Gasteiger partial charge in [0, 0.05) is 32.2 Å². The molecule has 1 atom stereocenters. The average Bonchev–Trinajstić information content (AvgIpc) is 2.52. The minimum Gasteiger partial charge on any atom is -0.376 e. The normalized spacial score (nSPS) is 18.5. The number of nitrogens with two attached hydrogens (primary N) is 1. The van der Waals surface area contributed by atoms with E-state index in [0.29, 0.717) is 23.6 Å². The van der Waals surface area contributed by atoms with Crippen LogP contribution < -0.4 is 11.1 Å². The molecular weight excluding hydrogens is 326 g/mol. The van der Waals surface area contributed by atoms with Crippen LogP contribution in [-0.2, 0) is 17.8 Å². The highest BCUT2D eigenvalue weighted by Crippen LogP contribution is 2.15. The van der Waals surface area contributed by atoms with E-state index >= 15 is 0 Å². The van der Waals surface area contributed by atoms with Crippen molar-refractivity contribution in [1.82, 2.24) is 14.9 Å². The third kappa shape index (κ3) is 4.80. The van der Waals surface area contributed by atoms with Crippen LogP contribution in [0.4, 0.5) is 11.8 Å². The van der Waals surface area contributed by atoms with Gasteiger partial charge in [0.1, 0.15) is 11.0 Å². The molecule has 24 heavy (non-hydrogen) atoms. The first kappa shape index (κ1) is 17.0. The molecule has 2 aromatic rings. The highest BCUT2D eigenvalue weighted by molar-refractivity contribution is 6.29. The van der Waals surface area contributed by atoms with Gasteiger partial charge in [-0.05, 0) is 18.1 Å². The molecule has 0 saturated carbocycles. The number of halogens is 1. The SMILES string of the molecule is CC1CN(Cc2cccc(CNc3cc(Cl)nc(N)n3)c2)CCO1. The Bertz CT molecular complexity index is 676. The van der Waals surface area contributed by atoms with Gasteiger partial charge in [0.2, 0.25) is 5.95 Å². The minimum atomic E-state index is 0.167. The van der Waals surface area contributed by atoms with Crippen molar-refractivity contribution < 1.29 is 4.74 Å². The van der Waals surface area contributed by atoms with Crippen molar-refractivity contribution in [2.75, 3.05) is 30.7 Å². The number of nitrogens with one attached hydrogen (secondary N) is 1. The Balaban J connectivity index is 1.60. The van der Waals surface area contributed by atoms with E-state index in [9.17, 15) is 0 Å². The number of aromatic nitrogens is 2. The van der Waals surface area contributed by atoms with Crippen molar-refractivity contribution in [3.63, 3.8) is 0 Å². The average molecular weight is 348 g/mol. The summed E-state index contributed by atoms with van der Waals surface area (Å²) in [5, 5.41) is 3.56. The zero-order valence-electron chi connectivity index (χ0n) is 13.7. The first-order valence-corrected chi connectivity index (χ1v) is 8.42. The molecule has 7 heteroatoms. The maximum Gasteiger partial charge on any atom is 0.223 e. The summed E-state index contributed by atoms with van der Waals surface area (Å²) in [7, 11) is 0. The number of anilines is 2. The molecule has 1 saturated heterocycles. The molecule has 1 fully saturated rings. The maximum absolute atomic E-state index is 5.89. The van der Waals surface area contributed by atoms with Crippen molar-refractivity contribution >= 4 is 23.4 Å². The van der Waals surface area contributed by atoms with Crippen LogP contribution >= 0.6 is 11.6 Å². The maximum atomic E-state index is 5.89. The molecule has 3 N–H and O–H groups in total. The van der Waals surface area contributed by atoms with Gasteiger partial charge in [-0.25, -0.2) is 4.98 Å². The fourth-order valence-electron chi connectivity index (χ4n) is 2.85. The molecule has 1 aromatic carbocycles. The van der Waals surface area contributed by atoms with E-state index in [-0.39, 0.29) is 5.95 Å². The Morgan fingerprint density at radius 2 is 2.17 bits per heavy atom. The van der Waals surface area contributed by atoms with Gasteiger partial charge < -0.3 is 15.8 Å². The fraction of sp³-hybridized carbons (Fsp3) is 0.412. The van der Waals surface area contributed by atoms with Gasteiger partial charge in [-0.2, -0.15) is 4.98 Å². The van der Waals surface area contributed by atoms with E-state index in [4.69, 9.17) is 22.1 Å². The van der Waals surface area contributed by atoms with E-state index in [2.05, 4.69) is 51.4 Å². The Morgan fingerprint density at radius 1 is 1.33 bits per heavy atom. The number of hydrogen-bond acceptors (Lipinski definition) is 6. The van der Waals surface area contributed by atoms with Gasteiger partial charge in [-0.1, -0.05) is 35.9 Å². The highest BCUT2D eigenvalue weighted by atomic mass is 35.5. The number of rotatable bonds is 5. The molecule has 0 radical (unpaired) electrons. The second kappa shape index (κ2) is 7.79. The third-order valence-electron chi connectivity index (χ3n) is 3.91. The minimum absolute atomic E-state index is 0.167. The van der Waals surface area contributed by atoms with Crippen LogP contribution in [0, 0.1) is 0 Å². The van der Waals surface area contributed by atoms with Crippen molar-refractivity contribution in [1.29, 1.82) is 0 Å². The van der Waals surface area contributed by atoms with Crippen molar-refractivity contribution in [3.05, 3.63) is 46.6 Å². The standard InChI is InChI=1S/C17H22ClN5O/c1-12-10-23(5-6-24-12)11-14-4-2-3-13(7-14)9-20-16-8-15(18)21-17(19)22-16/h2-4,7-8,12H,5-6,9-11H2,1H3,(H3,19,20,21,22). The molecule has 1 aliphatic rings. The monoisotopic (exact) mass is 347 g/mol. The lowest BCUT2D eigenvalue weighted by atomic mass is 10.1. The fourth-order valence-corrected chi connectivity index (χ4v) is 3.04. The van der Waals surface area contributed by atoms with E-state index in [0.717, 1.165) is 26.2 Å². The zero-order valence-corrected chi connectivity index (χ0v) is 14.5. The molecule has 1 unspecified atom stereocenters. The molecule has 3 rings (SSSR count). The first-order chi connectivity index (χ1) is 11.6. The number of benzene rings is 1. The van der Waals surface area contributed by atoms with Crippen molar-refractivity contribution in [2.45, 2.75) is 26.1 Å². The molecule has 0 spiro atoms. The summed E-state index contributed by atoms with van der Waals surface area (Å²) in [6.45, 7) is 6.46. The van der Waals surface area contributed by atoms with E-state index < -0.39 is 0 Å². The van der Waals surface area contributed by atoms with Crippen molar-refractivity contribution in [2.24, 2.45) is 0 Å². The molecule has 0 bridgehead atoms. The number of nitrogen functional groups attached to an aromatic ring is 1. The number of nitrogens with zero attached hydrogens (tertiary/aromatic N) is 3. The summed E-state index contributed by atoms with van der Waals surface area (Å²) in [6.07, 6.45) is 0.302. The Morgan fingerprint density at radius 3 is 2.96 bits per heavy atom. The van der Waals surface area contributed by atoms with Crippen molar-refractivity contribution in [3.8, 4) is 0 Å². The van der Waals surface area contributed by atoms with Crippen LogP contribution in [0.1, 0.15) is 18.1 Å². The zero-order chi connectivity index (χ0) is 16.9. The Hall–Kier alpha value is -1.89. The smallest absolute Gasteiger partial charge is 0.223 e. The molecule has 0 aliphatic carbocycles. The van der Waals surface area contributed by atoms with Gasteiger partial charge in [0.25, 0.3) is 0 Å². The summed E-state index contributed by atoms with van der Waals surface area (Å²) in [6, 6.07) is 10.2. The Labute approximate surface area is 147 Å². The van der Waals surface area contributed by atoms with E-state index in [1.54, 1.807) is 6.07 Å². The highest BCUT2D eigenvalue weighted by Gasteiger charge is 2.16. The summed E-state index contributed by atoms with van der Waals surface area (Å²) >= 11 is 5.89. The second-order valence-electron chi connectivity index (χ2n) is 6.02. The van der Waals surface area contributed by atoms with Crippen LogP contribution in [0.2, 0.25) is 5.15 Å². The molecule has 6 nitrogen and oxygen atoms in total. The molecule has 1 aromatic heterocycles. The van der Waals surface area contributed by atoms with Crippen LogP contribution in [0.25, 0.3) is 0 Å². The van der Waals surface area contributed by atoms with Gasteiger partial charge in [-0.15, -0.1) is 0 Å². The summed E-state index contributed by atoms with van der Waals surface area (Å²) in [5.74, 6) is 0.792. The lowest BCUT2D eigenvalue weighted by molar-refractivity contribution is -0.0212. The topological polar surface area (TPSA) is 76.3 Å². The largest absolute Gasteiger partial charge is 0.376 e. The van der Waals surface area contributed by atoms with Gasteiger partial charge >= 0.3 is 0 Å². The predicted molar refractivity (Wildman–Crippen MR) is 95.9 cm³/mol. The summed E-state index contributed by atoms with van der Waals surface area (Å²) < 4.78 is 5.59. The van der Waals surface area contributed by atoms with Gasteiger partial charge in [0.05, 0.1) is 12.7 Å². The van der Waals surface area contributed by atoms with Crippen LogP contribution in [0.3, 0.4) is 0 Å². The number of hydrogen-bond donors (Lipinski definition) is 2. The van der Waals surface area contributed by atoms with E-state index in [1.165, 1.54) is 11.1 Å². The molecular formula is C17H22ClN5O. The Kier molecular flexibility index (Phi) is 5.50. The molecule has 1 aliphatic heterocycles. The lowest BCUT2D eigenvalue weighted by Gasteiger charge is -2.31. The quantitative estimate of drug-likeness (QED) is 0.809. The van der Waals surface area contributed by atoms with Crippen LogP contribution in [0.15, 0.2) is 30.3 Å². The third-order valence-corrected chi connectivity index (χ3v) is 4.10. The van der Waals surface area contributed by atoms with Crippen LogP contribution in [0.5, 0.6) is 0 Å². The van der Waals surface area contributed by atoms with Gasteiger partial charge in [-0.3, -0.25) is 4.90 Å². The number of morpholine rings is 1. The van der Waals surface area contributed by atoms with Gasteiger partial charge in [0.15, 0.2) is 0 Å². The second-order valence-corrected chi connectivity index (χ2v) is 6.41. The molecule has 2 heterocycles. The summed E-state index contributed by atoms with van der Waals surface area (Å²) in [5.41, 5.74) is 8.08. The lowest BCUT2D eigenvalue weighted by Crippen LogP contribution is -2.40. The van der Waals surface area contributed by atoms with Crippen LogP contribution in [-0.4, -0.2) is 40.7 Å². The van der Waals surface area contributed by atoms with E-state index in [1.807, 2.05) is 0 Å². The molecule has 128 valence electrons. The molecule has 0 amide bonds.